The van der Waals surface area contributed by atoms with Crippen molar-refractivity contribution in [3.05, 3.63) is 11.8 Å². The van der Waals surface area contributed by atoms with E-state index < -0.39 is 6.10 Å². The average molecular weight is 273 g/mol. The lowest BCUT2D eigenvalue weighted by molar-refractivity contribution is -0.126. The minimum absolute atomic E-state index is 0.0980. The molecule has 0 saturated heterocycles. The van der Waals surface area contributed by atoms with E-state index in [1.807, 2.05) is 11.8 Å². The van der Waals surface area contributed by atoms with E-state index in [0.717, 1.165) is 25.0 Å². The molecule has 0 fully saturated rings. The summed E-state index contributed by atoms with van der Waals surface area (Å²) in [5.74, 6) is 0.863. The molecule has 1 aliphatic carbocycles. The topological polar surface area (TPSA) is 60.8 Å². The number of rotatable bonds is 7. The van der Waals surface area contributed by atoms with E-state index in [2.05, 4.69) is 6.08 Å². The summed E-state index contributed by atoms with van der Waals surface area (Å²) < 4.78 is 0. The quantitative estimate of drug-likeness (QED) is 0.735. The Hall–Kier alpha value is -0.520. The Bertz CT molecular complexity index is 294. The molecule has 2 N–H and O–H groups in total. The molecule has 0 radical (unpaired) electrons. The van der Waals surface area contributed by atoms with Gasteiger partial charge < -0.3 is 15.1 Å². The second-order valence-corrected chi connectivity index (χ2v) is 5.46. The molecule has 5 heteroatoms. The minimum Gasteiger partial charge on any atom is -0.394 e. The number of hydrogen-bond donors (Lipinski definition) is 2. The van der Waals surface area contributed by atoms with Gasteiger partial charge >= 0.3 is 0 Å². The van der Waals surface area contributed by atoms with E-state index in [-0.39, 0.29) is 12.5 Å². The van der Waals surface area contributed by atoms with E-state index in [1.165, 1.54) is 18.2 Å². The van der Waals surface area contributed by atoms with Crippen LogP contribution < -0.4 is 0 Å². The average Bonchev–Trinajstić information content (AvgIpc) is 2.40. The Morgan fingerprint density at radius 3 is 2.89 bits per heavy atom. The molecule has 1 unspecified atom stereocenters. The first-order valence-electron chi connectivity index (χ1n) is 6.55. The van der Waals surface area contributed by atoms with Gasteiger partial charge in [0.05, 0.1) is 18.5 Å². The maximum absolute atomic E-state index is 12.1. The zero-order chi connectivity index (χ0) is 13.4. The molecule has 4 nitrogen and oxygen atoms in total. The van der Waals surface area contributed by atoms with Gasteiger partial charge in [0.2, 0.25) is 5.91 Å². The highest BCUT2D eigenvalue weighted by molar-refractivity contribution is 7.99. The first-order chi connectivity index (χ1) is 8.69. The highest BCUT2D eigenvalue weighted by Crippen LogP contribution is 2.21. The molecule has 0 aromatic carbocycles. The van der Waals surface area contributed by atoms with Crippen molar-refractivity contribution < 1.29 is 15.0 Å². The minimum atomic E-state index is -0.730. The molecule has 0 saturated carbocycles. The van der Waals surface area contributed by atoms with Crippen molar-refractivity contribution in [2.24, 2.45) is 0 Å². The van der Waals surface area contributed by atoms with E-state index in [4.69, 9.17) is 5.11 Å². The fourth-order valence-electron chi connectivity index (χ4n) is 2.02. The number of aliphatic hydroxyl groups excluding tert-OH is 2. The van der Waals surface area contributed by atoms with Gasteiger partial charge in [-0.15, -0.1) is 11.8 Å². The van der Waals surface area contributed by atoms with Crippen molar-refractivity contribution in [1.82, 2.24) is 4.90 Å². The fraction of sp³-hybridized carbons (Fsp3) is 0.769. The lowest BCUT2D eigenvalue weighted by Gasteiger charge is -2.26. The van der Waals surface area contributed by atoms with Crippen LogP contribution in [0, 0.1) is 0 Å². The van der Waals surface area contributed by atoms with Gasteiger partial charge in [-0.3, -0.25) is 4.79 Å². The summed E-state index contributed by atoms with van der Waals surface area (Å²) in [4.78, 5) is 13.9. The first kappa shape index (κ1) is 15.5. The van der Waals surface area contributed by atoms with E-state index in [0.29, 0.717) is 18.1 Å². The number of aliphatic hydroxyl groups is 2. The molecule has 104 valence electrons. The van der Waals surface area contributed by atoms with Crippen molar-refractivity contribution in [1.29, 1.82) is 0 Å². The highest BCUT2D eigenvalue weighted by Gasteiger charge is 2.17. The monoisotopic (exact) mass is 273 g/mol. The second kappa shape index (κ2) is 8.56. The molecule has 0 aliphatic heterocycles. The maximum Gasteiger partial charge on any atom is 0.236 e. The summed E-state index contributed by atoms with van der Waals surface area (Å²) >= 11 is 1.37. The second-order valence-electron chi connectivity index (χ2n) is 4.43. The molecule has 18 heavy (non-hydrogen) atoms. The van der Waals surface area contributed by atoms with Gasteiger partial charge in [0.1, 0.15) is 0 Å². The van der Waals surface area contributed by atoms with Gasteiger partial charge in [0.25, 0.3) is 0 Å². The number of hydrogen-bond acceptors (Lipinski definition) is 4. The molecule has 0 aromatic heterocycles. The van der Waals surface area contributed by atoms with E-state index >= 15 is 0 Å². The third-order valence-corrected chi connectivity index (χ3v) is 4.05. The van der Waals surface area contributed by atoms with Crippen LogP contribution in [0.5, 0.6) is 0 Å². The van der Waals surface area contributed by atoms with Gasteiger partial charge in [-0.05, 0) is 32.6 Å². The lowest BCUT2D eigenvalue weighted by Crippen LogP contribution is -2.32. The Morgan fingerprint density at radius 2 is 2.33 bits per heavy atom. The molecular weight excluding hydrogens is 250 g/mol. The lowest BCUT2D eigenvalue weighted by atomic mass is 10.0. The third kappa shape index (κ3) is 5.00. The van der Waals surface area contributed by atoms with Gasteiger partial charge in [-0.2, -0.15) is 0 Å². The Morgan fingerprint density at radius 1 is 1.56 bits per heavy atom. The Balaban J connectivity index is 2.39. The van der Waals surface area contributed by atoms with E-state index in [1.54, 1.807) is 0 Å². The van der Waals surface area contributed by atoms with Crippen LogP contribution in [0.4, 0.5) is 0 Å². The molecule has 0 aromatic rings. The molecule has 0 bridgehead atoms. The van der Waals surface area contributed by atoms with Gasteiger partial charge in [-0.1, -0.05) is 6.08 Å². The van der Waals surface area contributed by atoms with Crippen LogP contribution in [-0.4, -0.2) is 51.8 Å². The first-order valence-corrected chi connectivity index (χ1v) is 7.70. The zero-order valence-corrected chi connectivity index (χ0v) is 11.8. The van der Waals surface area contributed by atoms with Crippen molar-refractivity contribution in [3.63, 3.8) is 0 Å². The summed E-state index contributed by atoms with van der Waals surface area (Å²) in [7, 11) is 0. The van der Waals surface area contributed by atoms with Crippen molar-refractivity contribution in [2.45, 2.75) is 38.7 Å². The van der Waals surface area contributed by atoms with Gasteiger partial charge in [0.15, 0.2) is 0 Å². The maximum atomic E-state index is 12.1. The van der Waals surface area contributed by atoms with Gasteiger partial charge in [-0.25, -0.2) is 0 Å². The van der Waals surface area contributed by atoms with Crippen LogP contribution in [0.2, 0.25) is 0 Å². The van der Waals surface area contributed by atoms with Crippen LogP contribution in [0.3, 0.4) is 0 Å². The number of carbonyl (C=O) groups is 1. The summed E-state index contributed by atoms with van der Waals surface area (Å²) in [6, 6.07) is 0. The summed E-state index contributed by atoms with van der Waals surface area (Å²) in [6.07, 6.45) is 5.86. The number of allylic oxidation sites excluding steroid dienone is 2. The Kier molecular flexibility index (Phi) is 7.39. The van der Waals surface area contributed by atoms with Gasteiger partial charge in [0, 0.05) is 18.0 Å². The molecule has 0 spiro atoms. The van der Waals surface area contributed by atoms with E-state index in [9.17, 15) is 9.90 Å². The summed E-state index contributed by atoms with van der Waals surface area (Å²) in [5, 5.41) is 17.9. The normalized spacial score (nSPS) is 17.2. The summed E-state index contributed by atoms with van der Waals surface area (Å²) in [5.41, 5.74) is 1.15. The van der Waals surface area contributed by atoms with Crippen LogP contribution in [-0.2, 0) is 4.79 Å². The van der Waals surface area contributed by atoms with Crippen LogP contribution in [0.1, 0.15) is 32.6 Å². The predicted molar refractivity (Wildman–Crippen MR) is 74.4 cm³/mol. The van der Waals surface area contributed by atoms with Crippen LogP contribution in [0.15, 0.2) is 11.8 Å². The molecule has 1 aliphatic rings. The number of amides is 1. The van der Waals surface area contributed by atoms with Crippen molar-refractivity contribution in [3.8, 4) is 0 Å². The van der Waals surface area contributed by atoms with Crippen LogP contribution in [0.25, 0.3) is 0 Å². The van der Waals surface area contributed by atoms with Crippen LogP contribution >= 0.6 is 11.8 Å². The van der Waals surface area contributed by atoms with Crippen molar-refractivity contribution >= 4 is 17.7 Å². The molecule has 0 heterocycles. The zero-order valence-electron chi connectivity index (χ0n) is 11.0. The third-order valence-electron chi connectivity index (χ3n) is 2.98. The fourth-order valence-corrected chi connectivity index (χ4v) is 2.84. The molecule has 1 amide bonds. The standard InChI is InChI=1S/C13H23NO3S/c1-2-14(11-6-4-3-5-7-11)13(17)10-18-9-12(16)8-15/h6,12,15-16H,2-5,7-10H2,1H3. The Labute approximate surface area is 113 Å². The largest absolute Gasteiger partial charge is 0.394 e. The highest BCUT2D eigenvalue weighted by atomic mass is 32.2. The van der Waals surface area contributed by atoms with Crippen molar-refractivity contribution in [2.75, 3.05) is 24.7 Å². The number of thioether (sulfide) groups is 1. The molecule has 1 atom stereocenters. The predicted octanol–water partition coefficient (Wildman–Crippen LogP) is 1.38. The number of nitrogens with zero attached hydrogens (tertiary/aromatic N) is 1. The summed E-state index contributed by atoms with van der Waals surface area (Å²) in [6.45, 7) is 2.44. The SMILES string of the molecule is CCN(C(=O)CSCC(O)CO)C1=CCCCC1. The molecule has 1 rings (SSSR count). The smallest absolute Gasteiger partial charge is 0.236 e. The number of carbonyl (C=O) groups excluding carboxylic acids is 1. The molecular formula is C13H23NO3S.